The topological polar surface area (TPSA) is 59.2 Å². The molecule has 0 aromatic carbocycles. The van der Waals surface area contributed by atoms with Crippen LogP contribution in [0, 0.1) is 6.92 Å². The summed E-state index contributed by atoms with van der Waals surface area (Å²) in [7, 11) is 2.00. The molecule has 0 atom stereocenters. The van der Waals surface area contributed by atoms with Crippen molar-refractivity contribution in [1.82, 2.24) is 24.8 Å². The number of thiophene rings is 1. The van der Waals surface area contributed by atoms with Gasteiger partial charge >= 0.3 is 0 Å². The summed E-state index contributed by atoms with van der Waals surface area (Å²) < 4.78 is 1.79. The molecule has 4 aromatic rings. The van der Waals surface area contributed by atoms with Crippen molar-refractivity contribution in [3.63, 3.8) is 0 Å². The Hall–Kier alpha value is -2.80. The van der Waals surface area contributed by atoms with E-state index in [0.29, 0.717) is 6.54 Å². The molecule has 0 fully saturated rings. The molecule has 0 spiro atoms. The van der Waals surface area contributed by atoms with Crippen LogP contribution in [-0.4, -0.2) is 31.8 Å². The lowest BCUT2D eigenvalue weighted by atomic mass is 10.2. The first-order chi connectivity index (χ1) is 11.7. The van der Waals surface area contributed by atoms with Crippen LogP contribution in [0.4, 0.5) is 5.82 Å². The lowest BCUT2D eigenvalue weighted by molar-refractivity contribution is 0.824. The summed E-state index contributed by atoms with van der Waals surface area (Å²) in [5, 5.41) is 17.2. The molecule has 120 valence electrons. The molecule has 0 aliphatic heterocycles. The average molecular weight is 336 g/mol. The maximum Gasteiger partial charge on any atom is 0.186 e. The van der Waals surface area contributed by atoms with Crippen LogP contribution in [0.2, 0.25) is 0 Å². The smallest absolute Gasteiger partial charge is 0.186 e. The summed E-state index contributed by atoms with van der Waals surface area (Å²) in [6.07, 6.45) is 1.88. The van der Waals surface area contributed by atoms with Gasteiger partial charge in [0.05, 0.1) is 12.2 Å². The molecule has 4 rings (SSSR count). The van der Waals surface area contributed by atoms with Crippen LogP contribution < -0.4 is 4.90 Å². The van der Waals surface area contributed by atoms with Crippen LogP contribution in [-0.2, 0) is 6.54 Å². The summed E-state index contributed by atoms with van der Waals surface area (Å²) in [5.41, 5.74) is 3.93. The first-order valence-electron chi connectivity index (χ1n) is 7.58. The van der Waals surface area contributed by atoms with Gasteiger partial charge in [0.15, 0.2) is 11.5 Å². The van der Waals surface area contributed by atoms with Gasteiger partial charge in [-0.05, 0) is 42.1 Å². The Morgan fingerprint density at radius 3 is 2.79 bits per heavy atom. The Bertz CT molecular complexity index is 959. The number of aromatic nitrogens is 5. The van der Waals surface area contributed by atoms with Gasteiger partial charge in [-0.3, -0.25) is 4.98 Å². The molecular formula is C17H16N6S. The van der Waals surface area contributed by atoms with Crippen molar-refractivity contribution in [2.45, 2.75) is 13.5 Å². The largest absolute Gasteiger partial charge is 0.352 e. The molecule has 0 aliphatic rings. The Kier molecular flexibility index (Phi) is 3.70. The van der Waals surface area contributed by atoms with E-state index in [1.165, 1.54) is 0 Å². The molecule has 4 heterocycles. The SMILES string of the molecule is Cc1ccc(CN(C)c2ccc3nnc(-c4ccsc4)n3n2)nc1. The van der Waals surface area contributed by atoms with Crippen molar-refractivity contribution < 1.29 is 0 Å². The van der Waals surface area contributed by atoms with Gasteiger partial charge in [-0.1, -0.05) is 6.07 Å². The van der Waals surface area contributed by atoms with Crippen molar-refractivity contribution in [2.75, 3.05) is 11.9 Å². The number of rotatable bonds is 4. The number of aryl methyl sites for hydroxylation is 1. The molecule has 4 aromatic heterocycles. The zero-order valence-corrected chi connectivity index (χ0v) is 14.2. The summed E-state index contributed by atoms with van der Waals surface area (Å²) in [4.78, 5) is 6.52. The molecule has 0 aliphatic carbocycles. The highest BCUT2D eigenvalue weighted by Gasteiger charge is 2.12. The van der Waals surface area contributed by atoms with E-state index in [1.54, 1.807) is 15.9 Å². The third-order valence-electron chi connectivity index (χ3n) is 3.79. The number of pyridine rings is 1. The second kappa shape index (κ2) is 6.01. The van der Waals surface area contributed by atoms with Gasteiger partial charge in [-0.25, -0.2) is 0 Å². The van der Waals surface area contributed by atoms with Gasteiger partial charge in [0.1, 0.15) is 5.82 Å². The molecule has 0 radical (unpaired) electrons. The van der Waals surface area contributed by atoms with Crippen molar-refractivity contribution in [2.24, 2.45) is 0 Å². The maximum atomic E-state index is 4.70. The Morgan fingerprint density at radius 1 is 1.12 bits per heavy atom. The third kappa shape index (κ3) is 2.74. The molecule has 0 amide bonds. The van der Waals surface area contributed by atoms with Gasteiger partial charge in [0.25, 0.3) is 0 Å². The summed E-state index contributed by atoms with van der Waals surface area (Å²) >= 11 is 1.63. The summed E-state index contributed by atoms with van der Waals surface area (Å²) in [5.74, 6) is 1.61. The minimum atomic E-state index is 0.689. The fourth-order valence-electron chi connectivity index (χ4n) is 2.47. The lowest BCUT2D eigenvalue weighted by Gasteiger charge is -2.17. The highest BCUT2D eigenvalue weighted by Crippen LogP contribution is 2.21. The minimum Gasteiger partial charge on any atom is -0.352 e. The number of nitrogens with zero attached hydrogens (tertiary/aromatic N) is 6. The normalized spacial score (nSPS) is 11.1. The summed E-state index contributed by atoms with van der Waals surface area (Å²) in [6, 6.07) is 10.0. The standard InChI is InChI=1S/C17H16N6S/c1-12-3-4-14(18-9-12)10-22(2)16-6-5-15-19-20-17(23(15)21-16)13-7-8-24-11-13/h3-9,11H,10H2,1-2H3. The van der Waals surface area contributed by atoms with Crippen LogP contribution in [0.5, 0.6) is 0 Å². The van der Waals surface area contributed by atoms with Crippen molar-refractivity contribution in [3.8, 4) is 11.4 Å². The van der Waals surface area contributed by atoms with Gasteiger partial charge < -0.3 is 4.90 Å². The monoisotopic (exact) mass is 336 g/mol. The number of hydrogen-bond donors (Lipinski definition) is 0. The van der Waals surface area contributed by atoms with Crippen LogP contribution in [0.3, 0.4) is 0 Å². The number of anilines is 1. The summed E-state index contributed by atoms with van der Waals surface area (Å²) in [6.45, 7) is 2.72. The molecule has 0 unspecified atom stereocenters. The van der Waals surface area contributed by atoms with Crippen molar-refractivity contribution in [3.05, 3.63) is 58.5 Å². The van der Waals surface area contributed by atoms with E-state index in [0.717, 1.165) is 34.1 Å². The Morgan fingerprint density at radius 2 is 2.04 bits per heavy atom. The van der Waals surface area contributed by atoms with Crippen molar-refractivity contribution in [1.29, 1.82) is 0 Å². The molecule has 24 heavy (non-hydrogen) atoms. The van der Waals surface area contributed by atoms with Crippen LogP contribution in [0.15, 0.2) is 47.3 Å². The zero-order chi connectivity index (χ0) is 16.5. The van der Waals surface area contributed by atoms with E-state index in [-0.39, 0.29) is 0 Å². The molecule has 0 saturated heterocycles. The Labute approximate surface area is 143 Å². The molecule has 7 heteroatoms. The molecule has 6 nitrogen and oxygen atoms in total. The fourth-order valence-corrected chi connectivity index (χ4v) is 3.10. The van der Waals surface area contributed by atoms with E-state index in [9.17, 15) is 0 Å². The molecular weight excluding hydrogens is 320 g/mol. The third-order valence-corrected chi connectivity index (χ3v) is 4.47. The molecule has 0 saturated carbocycles. The number of fused-ring (bicyclic) bond motifs is 1. The lowest BCUT2D eigenvalue weighted by Crippen LogP contribution is -2.19. The van der Waals surface area contributed by atoms with E-state index in [4.69, 9.17) is 5.10 Å². The van der Waals surface area contributed by atoms with E-state index >= 15 is 0 Å². The van der Waals surface area contributed by atoms with Crippen LogP contribution in [0.25, 0.3) is 17.0 Å². The minimum absolute atomic E-state index is 0.689. The first kappa shape index (κ1) is 14.8. The van der Waals surface area contributed by atoms with Gasteiger partial charge in [0.2, 0.25) is 0 Å². The number of hydrogen-bond acceptors (Lipinski definition) is 6. The highest BCUT2D eigenvalue weighted by atomic mass is 32.1. The van der Waals surface area contributed by atoms with Crippen LogP contribution >= 0.6 is 11.3 Å². The highest BCUT2D eigenvalue weighted by molar-refractivity contribution is 7.08. The maximum absolute atomic E-state index is 4.70. The second-order valence-electron chi connectivity index (χ2n) is 5.68. The van der Waals surface area contributed by atoms with Crippen molar-refractivity contribution >= 4 is 22.8 Å². The van der Waals surface area contributed by atoms with Gasteiger partial charge in [0, 0.05) is 24.2 Å². The van der Waals surface area contributed by atoms with Crippen LogP contribution in [0.1, 0.15) is 11.3 Å². The second-order valence-corrected chi connectivity index (χ2v) is 6.46. The fraction of sp³-hybridized carbons (Fsp3) is 0.176. The van der Waals surface area contributed by atoms with E-state index in [1.807, 2.05) is 55.2 Å². The Balaban J connectivity index is 1.66. The van der Waals surface area contributed by atoms with Gasteiger partial charge in [-0.15, -0.1) is 15.3 Å². The molecule has 0 bridgehead atoms. The average Bonchev–Trinajstić information content (AvgIpc) is 3.25. The van der Waals surface area contributed by atoms with E-state index < -0.39 is 0 Å². The van der Waals surface area contributed by atoms with Gasteiger partial charge in [-0.2, -0.15) is 15.9 Å². The quantitative estimate of drug-likeness (QED) is 0.573. The zero-order valence-electron chi connectivity index (χ0n) is 13.4. The molecule has 0 N–H and O–H groups in total. The van der Waals surface area contributed by atoms with E-state index in [2.05, 4.69) is 26.1 Å². The predicted octanol–water partition coefficient (Wildman–Crippen LogP) is 3.19. The first-order valence-corrected chi connectivity index (χ1v) is 8.53. The predicted molar refractivity (Wildman–Crippen MR) is 95.2 cm³/mol.